The third kappa shape index (κ3) is 4.16. The van der Waals surface area contributed by atoms with Gasteiger partial charge in [-0.1, -0.05) is 23.2 Å². The first kappa shape index (κ1) is 21.4. The molecule has 1 aliphatic carbocycles. The lowest BCUT2D eigenvalue weighted by Gasteiger charge is -2.17. The molecule has 2 fully saturated rings. The Hall–Kier alpha value is -3.44. The van der Waals surface area contributed by atoms with Gasteiger partial charge in [0.25, 0.3) is 5.91 Å². The highest BCUT2D eigenvalue weighted by molar-refractivity contribution is 6.36. The van der Waals surface area contributed by atoms with E-state index >= 15 is 0 Å². The Morgan fingerprint density at radius 3 is 2.76 bits per heavy atom. The van der Waals surface area contributed by atoms with Crippen molar-refractivity contribution in [3.63, 3.8) is 0 Å². The molecule has 1 aromatic carbocycles. The fourth-order valence-electron chi connectivity index (χ4n) is 3.30. The highest BCUT2D eigenvalue weighted by atomic mass is 35.5. The van der Waals surface area contributed by atoms with E-state index in [1.54, 1.807) is 6.92 Å². The molecule has 2 aliphatic rings. The number of hydrogen-bond acceptors (Lipinski definition) is 7. The van der Waals surface area contributed by atoms with Gasteiger partial charge >= 0.3 is 12.0 Å². The molecule has 3 heterocycles. The number of ether oxygens (including phenoxy) is 1. The van der Waals surface area contributed by atoms with Gasteiger partial charge in [0.2, 0.25) is 5.95 Å². The highest BCUT2D eigenvalue weighted by Gasteiger charge is 2.27. The number of halogens is 3. The number of fused-ring (bicyclic) bond motifs is 1. The minimum absolute atomic E-state index is 0.0328. The summed E-state index contributed by atoms with van der Waals surface area (Å²) in [5.74, 6) is -0.809. The number of nitrogens with one attached hydrogen (secondary N) is 3. The average Bonchev–Trinajstić information content (AvgIpc) is 3.40. The van der Waals surface area contributed by atoms with E-state index < -0.39 is 23.9 Å². The molecule has 1 aliphatic heterocycles. The molecule has 0 unspecified atom stereocenters. The summed E-state index contributed by atoms with van der Waals surface area (Å²) in [5, 5.41) is 12.2. The van der Waals surface area contributed by atoms with Gasteiger partial charge in [0.05, 0.1) is 11.2 Å². The molecule has 3 amide bonds. The molecule has 1 saturated carbocycles. The zero-order valence-electron chi connectivity index (χ0n) is 17.0. The molecule has 10 nitrogen and oxygen atoms in total. The minimum atomic E-state index is -0.776. The molecule has 1 atom stereocenters. The van der Waals surface area contributed by atoms with Crippen LogP contribution in [0.4, 0.5) is 15.1 Å². The molecule has 0 bridgehead atoms. The van der Waals surface area contributed by atoms with Crippen molar-refractivity contribution in [2.45, 2.75) is 31.9 Å². The molecule has 1 saturated heterocycles. The van der Waals surface area contributed by atoms with Crippen LogP contribution in [0.3, 0.4) is 0 Å². The summed E-state index contributed by atoms with van der Waals surface area (Å²) in [5.41, 5.74) is 1.09. The standard InChI is InChI=1S/C20H16Cl2FN7O3/c1-8(14-11(21)4-5-12(23)15(14)22)33-20-27-16-9(6-13-17(31)28-19(32)26-13)7-24-30(16)18(29-20)25-10-2-3-10/h4-8,10H,2-3H2,1H3,(H,25,27,29)(H2,26,28,31,32)/b13-6-/t8-/m1/s1. The van der Waals surface area contributed by atoms with Gasteiger partial charge in [-0.05, 0) is 38.0 Å². The van der Waals surface area contributed by atoms with Crippen molar-refractivity contribution >= 4 is 52.8 Å². The first-order chi connectivity index (χ1) is 15.8. The van der Waals surface area contributed by atoms with Gasteiger partial charge in [-0.25, -0.2) is 9.18 Å². The summed E-state index contributed by atoms with van der Waals surface area (Å²) in [6.07, 6.45) is 4.12. The fourth-order valence-corrected chi connectivity index (χ4v) is 3.98. The smallest absolute Gasteiger partial charge is 0.326 e. The summed E-state index contributed by atoms with van der Waals surface area (Å²) in [4.78, 5) is 32.2. The zero-order valence-corrected chi connectivity index (χ0v) is 18.5. The van der Waals surface area contributed by atoms with E-state index in [1.165, 1.54) is 28.9 Å². The van der Waals surface area contributed by atoms with Crippen molar-refractivity contribution < 1.29 is 18.7 Å². The normalized spacial score (nSPS) is 17.9. The van der Waals surface area contributed by atoms with Gasteiger partial charge in [-0.15, -0.1) is 0 Å². The van der Waals surface area contributed by atoms with E-state index in [-0.39, 0.29) is 33.4 Å². The monoisotopic (exact) mass is 491 g/mol. The van der Waals surface area contributed by atoms with E-state index in [0.29, 0.717) is 17.2 Å². The topological polar surface area (TPSA) is 123 Å². The first-order valence-corrected chi connectivity index (χ1v) is 10.7. The van der Waals surface area contributed by atoms with Crippen molar-refractivity contribution in [3.05, 3.63) is 51.0 Å². The molecule has 0 spiro atoms. The summed E-state index contributed by atoms with van der Waals surface area (Å²) in [7, 11) is 0. The largest absolute Gasteiger partial charge is 0.455 e. The number of carbonyl (C=O) groups is 2. The number of nitrogens with zero attached hydrogens (tertiary/aromatic N) is 4. The summed E-state index contributed by atoms with van der Waals surface area (Å²) >= 11 is 12.3. The van der Waals surface area contributed by atoms with Crippen LogP contribution in [0.15, 0.2) is 24.0 Å². The summed E-state index contributed by atoms with van der Waals surface area (Å²) < 4.78 is 21.3. The second kappa shape index (κ2) is 8.16. The van der Waals surface area contributed by atoms with Crippen LogP contribution in [-0.4, -0.2) is 37.6 Å². The van der Waals surface area contributed by atoms with Gasteiger partial charge in [0, 0.05) is 22.2 Å². The lowest BCUT2D eigenvalue weighted by molar-refractivity contribution is -0.115. The van der Waals surface area contributed by atoms with E-state index in [9.17, 15) is 14.0 Å². The number of urea groups is 1. The Bertz CT molecular complexity index is 1340. The maximum atomic E-state index is 14.0. The molecule has 170 valence electrons. The number of aromatic nitrogens is 4. The van der Waals surface area contributed by atoms with Gasteiger partial charge in [-0.3, -0.25) is 10.1 Å². The maximum Gasteiger partial charge on any atom is 0.326 e. The van der Waals surface area contributed by atoms with Crippen LogP contribution >= 0.6 is 23.2 Å². The number of amides is 3. The lowest BCUT2D eigenvalue weighted by atomic mass is 10.1. The first-order valence-electron chi connectivity index (χ1n) is 9.96. The van der Waals surface area contributed by atoms with Gasteiger partial charge < -0.3 is 15.4 Å². The van der Waals surface area contributed by atoms with Gasteiger partial charge in [0.1, 0.15) is 17.6 Å². The van der Waals surface area contributed by atoms with Crippen LogP contribution in [0, 0.1) is 5.82 Å². The van der Waals surface area contributed by atoms with E-state index in [2.05, 4.69) is 31.0 Å². The number of anilines is 1. The molecule has 13 heteroatoms. The number of rotatable bonds is 6. The van der Waals surface area contributed by atoms with Crippen molar-refractivity contribution in [1.29, 1.82) is 0 Å². The molecule has 3 aromatic rings. The van der Waals surface area contributed by atoms with Crippen molar-refractivity contribution in [2.24, 2.45) is 0 Å². The third-order valence-corrected chi connectivity index (χ3v) is 5.79. The molecular weight excluding hydrogens is 476 g/mol. The van der Waals surface area contributed by atoms with Crippen LogP contribution in [0.1, 0.15) is 37.0 Å². The molecule has 5 rings (SSSR count). The lowest BCUT2D eigenvalue weighted by Crippen LogP contribution is -2.22. The third-order valence-electron chi connectivity index (χ3n) is 5.07. The SMILES string of the molecule is C[C@@H](Oc1nc(NC2CC2)n2ncc(/C=C3\NC(=O)NC3=O)c2n1)c1c(Cl)ccc(F)c1Cl. The molecule has 2 aromatic heterocycles. The molecule has 3 N–H and O–H groups in total. The van der Waals surface area contributed by atoms with Crippen molar-refractivity contribution in [2.75, 3.05) is 5.32 Å². The van der Waals surface area contributed by atoms with Crippen LogP contribution in [0.5, 0.6) is 6.01 Å². The van der Waals surface area contributed by atoms with Gasteiger partial charge in [0.15, 0.2) is 5.65 Å². The Labute approximate surface area is 196 Å². The number of imide groups is 1. The Morgan fingerprint density at radius 1 is 1.27 bits per heavy atom. The number of benzene rings is 1. The maximum absolute atomic E-state index is 14.0. The van der Waals surface area contributed by atoms with E-state index in [4.69, 9.17) is 27.9 Å². The Balaban J connectivity index is 1.55. The predicted octanol–water partition coefficient (Wildman–Crippen LogP) is 3.46. The second-order valence-electron chi connectivity index (χ2n) is 7.57. The van der Waals surface area contributed by atoms with Crippen LogP contribution < -0.4 is 20.7 Å². The summed E-state index contributed by atoms with van der Waals surface area (Å²) in [6.45, 7) is 1.64. The second-order valence-corrected chi connectivity index (χ2v) is 8.35. The Morgan fingerprint density at radius 2 is 2.06 bits per heavy atom. The molecule has 33 heavy (non-hydrogen) atoms. The van der Waals surface area contributed by atoms with Crippen molar-refractivity contribution in [1.82, 2.24) is 30.2 Å². The van der Waals surface area contributed by atoms with E-state index in [0.717, 1.165) is 12.8 Å². The highest BCUT2D eigenvalue weighted by Crippen LogP contribution is 2.35. The molecule has 0 radical (unpaired) electrons. The number of hydrogen-bond donors (Lipinski definition) is 3. The van der Waals surface area contributed by atoms with Crippen LogP contribution in [0.2, 0.25) is 10.0 Å². The predicted molar refractivity (Wildman–Crippen MR) is 118 cm³/mol. The van der Waals surface area contributed by atoms with Crippen molar-refractivity contribution in [3.8, 4) is 6.01 Å². The number of carbonyl (C=O) groups excluding carboxylic acids is 2. The van der Waals surface area contributed by atoms with Gasteiger partial charge in [-0.2, -0.15) is 19.6 Å². The molecular formula is C20H16Cl2FN7O3. The fraction of sp³-hybridized carbons (Fsp3) is 0.250. The minimum Gasteiger partial charge on any atom is -0.455 e. The quantitative estimate of drug-likeness (QED) is 0.274. The van der Waals surface area contributed by atoms with E-state index in [1.807, 2.05) is 0 Å². The summed E-state index contributed by atoms with van der Waals surface area (Å²) in [6, 6.07) is 2.16. The Kier molecular flexibility index (Phi) is 5.29. The van der Waals surface area contributed by atoms with Crippen LogP contribution in [-0.2, 0) is 4.79 Å². The van der Waals surface area contributed by atoms with Crippen LogP contribution in [0.25, 0.3) is 11.7 Å². The average molecular weight is 492 g/mol. The zero-order chi connectivity index (χ0) is 23.3.